The summed E-state index contributed by atoms with van der Waals surface area (Å²) in [5, 5.41) is 0. The van der Waals surface area contributed by atoms with E-state index in [1.165, 1.54) is 51.4 Å². The van der Waals surface area contributed by atoms with E-state index in [0.717, 1.165) is 45.2 Å². The molecule has 0 radical (unpaired) electrons. The van der Waals surface area contributed by atoms with Gasteiger partial charge in [-0.2, -0.15) is 0 Å². The predicted molar refractivity (Wildman–Crippen MR) is 162 cm³/mol. The van der Waals surface area contributed by atoms with Crippen molar-refractivity contribution in [2.75, 3.05) is 46.6 Å². The van der Waals surface area contributed by atoms with E-state index in [-0.39, 0.29) is 31.4 Å². The normalized spacial score (nSPS) is 12.2. The zero-order chi connectivity index (χ0) is 29.7. The Bertz CT molecular complexity index is 557. The fraction of sp³-hybridized carbons (Fsp3) is 0.938. The number of esters is 1. The van der Waals surface area contributed by atoms with Crippen LogP contribution in [0.25, 0.3) is 0 Å². The number of hydrogen-bond acceptors (Lipinski definition) is 8. The SMILES string of the molecule is CCCCCCCCOC(CCC(=O)OCCC(CC)OC(=O)OCCCN(C)CC)OCCCCCCCC. The Morgan fingerprint density at radius 1 is 0.650 bits per heavy atom. The lowest BCUT2D eigenvalue weighted by Crippen LogP contribution is -2.24. The first-order valence-corrected chi connectivity index (χ1v) is 16.4. The molecule has 0 spiro atoms. The Morgan fingerprint density at radius 2 is 1.23 bits per heavy atom. The van der Waals surface area contributed by atoms with Gasteiger partial charge in [-0.05, 0) is 39.3 Å². The second kappa shape index (κ2) is 29.1. The van der Waals surface area contributed by atoms with Gasteiger partial charge in [-0.25, -0.2) is 4.79 Å². The smallest absolute Gasteiger partial charge is 0.466 e. The van der Waals surface area contributed by atoms with Crippen LogP contribution in [0.3, 0.4) is 0 Å². The molecule has 0 fully saturated rings. The van der Waals surface area contributed by atoms with Gasteiger partial charge in [0.2, 0.25) is 0 Å². The maximum atomic E-state index is 12.4. The average molecular weight is 574 g/mol. The molecule has 0 aromatic carbocycles. The number of ether oxygens (including phenoxy) is 5. The molecule has 0 heterocycles. The molecule has 0 saturated heterocycles. The molecule has 8 nitrogen and oxygen atoms in total. The van der Waals surface area contributed by atoms with E-state index < -0.39 is 6.16 Å². The molecule has 1 unspecified atom stereocenters. The van der Waals surface area contributed by atoms with E-state index in [1.807, 2.05) is 14.0 Å². The van der Waals surface area contributed by atoms with E-state index >= 15 is 0 Å². The predicted octanol–water partition coefficient (Wildman–Crippen LogP) is 8.05. The molecule has 0 amide bonds. The van der Waals surface area contributed by atoms with Crippen molar-refractivity contribution in [3.8, 4) is 0 Å². The van der Waals surface area contributed by atoms with Crippen LogP contribution in [0.5, 0.6) is 0 Å². The third-order valence-corrected chi connectivity index (χ3v) is 7.05. The molecule has 0 rings (SSSR count). The number of hydrogen-bond donors (Lipinski definition) is 0. The van der Waals surface area contributed by atoms with Gasteiger partial charge in [0.05, 0.1) is 19.6 Å². The summed E-state index contributed by atoms with van der Waals surface area (Å²) in [6.45, 7) is 12.1. The minimum absolute atomic E-state index is 0.202. The van der Waals surface area contributed by atoms with E-state index in [9.17, 15) is 9.59 Å². The number of rotatable bonds is 29. The van der Waals surface area contributed by atoms with E-state index in [1.54, 1.807) is 0 Å². The monoisotopic (exact) mass is 573 g/mol. The third-order valence-electron chi connectivity index (χ3n) is 7.05. The molecule has 40 heavy (non-hydrogen) atoms. The summed E-state index contributed by atoms with van der Waals surface area (Å²) in [6.07, 6.45) is 15.7. The van der Waals surface area contributed by atoms with Crippen molar-refractivity contribution in [3.05, 3.63) is 0 Å². The van der Waals surface area contributed by atoms with Crippen LogP contribution in [-0.4, -0.2) is 76.0 Å². The standard InChI is InChI=1S/C32H63NO7/c1-6-10-12-14-16-18-25-37-31(38-26-19-17-15-13-11-7-2)22-21-30(34)36-28-23-29(8-3)40-32(35)39-27-20-24-33(5)9-4/h29,31H,6-28H2,1-5H3. The van der Waals surface area contributed by atoms with Crippen LogP contribution in [-0.2, 0) is 28.5 Å². The molecule has 0 aromatic heterocycles. The van der Waals surface area contributed by atoms with Crippen LogP contribution < -0.4 is 0 Å². The van der Waals surface area contributed by atoms with Crippen molar-refractivity contribution in [3.63, 3.8) is 0 Å². The average Bonchev–Trinajstić information content (AvgIpc) is 2.95. The molecule has 0 bridgehead atoms. The summed E-state index contributed by atoms with van der Waals surface area (Å²) < 4.78 is 28.0. The molecule has 0 aliphatic heterocycles. The van der Waals surface area contributed by atoms with Gasteiger partial charge >= 0.3 is 12.1 Å². The third kappa shape index (κ3) is 25.6. The van der Waals surface area contributed by atoms with Gasteiger partial charge in [-0.15, -0.1) is 0 Å². The maximum absolute atomic E-state index is 12.4. The molecular weight excluding hydrogens is 510 g/mol. The number of nitrogens with zero attached hydrogens (tertiary/aromatic N) is 1. The van der Waals surface area contributed by atoms with Crippen LogP contribution >= 0.6 is 0 Å². The first-order valence-electron chi connectivity index (χ1n) is 16.4. The largest absolute Gasteiger partial charge is 0.508 e. The van der Waals surface area contributed by atoms with Crippen LogP contribution in [0, 0.1) is 0 Å². The van der Waals surface area contributed by atoms with Crippen molar-refractivity contribution in [1.82, 2.24) is 4.90 Å². The molecule has 1 atom stereocenters. The first-order chi connectivity index (χ1) is 19.5. The Kier molecular flexibility index (Phi) is 28.1. The van der Waals surface area contributed by atoms with Gasteiger partial charge in [0.15, 0.2) is 6.29 Å². The van der Waals surface area contributed by atoms with Crippen molar-refractivity contribution in [2.24, 2.45) is 0 Å². The van der Waals surface area contributed by atoms with Crippen LogP contribution in [0.2, 0.25) is 0 Å². The van der Waals surface area contributed by atoms with Gasteiger partial charge in [-0.3, -0.25) is 4.79 Å². The Morgan fingerprint density at radius 3 is 1.77 bits per heavy atom. The molecule has 0 saturated carbocycles. The minimum atomic E-state index is -0.662. The summed E-state index contributed by atoms with van der Waals surface area (Å²) in [5.41, 5.74) is 0. The fourth-order valence-corrected chi connectivity index (χ4v) is 4.19. The summed E-state index contributed by atoms with van der Waals surface area (Å²) in [4.78, 5) is 26.5. The topological polar surface area (TPSA) is 83.5 Å². The maximum Gasteiger partial charge on any atom is 0.508 e. The van der Waals surface area contributed by atoms with Crippen molar-refractivity contribution in [1.29, 1.82) is 0 Å². The van der Waals surface area contributed by atoms with Crippen molar-refractivity contribution < 1.29 is 33.3 Å². The Hall–Kier alpha value is -1.38. The second-order valence-electron chi connectivity index (χ2n) is 10.8. The minimum Gasteiger partial charge on any atom is -0.466 e. The van der Waals surface area contributed by atoms with Crippen molar-refractivity contribution >= 4 is 12.1 Å². The van der Waals surface area contributed by atoms with Crippen LogP contribution in [0.15, 0.2) is 0 Å². The van der Waals surface area contributed by atoms with Crippen molar-refractivity contribution in [2.45, 2.75) is 149 Å². The highest BCUT2D eigenvalue weighted by molar-refractivity contribution is 5.69. The summed E-state index contributed by atoms with van der Waals surface area (Å²) in [5.74, 6) is -0.284. The summed E-state index contributed by atoms with van der Waals surface area (Å²) >= 11 is 0. The molecule has 8 heteroatoms. The number of unbranched alkanes of at least 4 members (excludes halogenated alkanes) is 10. The van der Waals surface area contributed by atoms with Gasteiger partial charge in [0.1, 0.15) is 6.10 Å². The number of carbonyl (C=O) groups is 2. The highest BCUT2D eigenvalue weighted by Crippen LogP contribution is 2.12. The molecule has 0 aromatic rings. The lowest BCUT2D eigenvalue weighted by Gasteiger charge is -2.19. The van der Waals surface area contributed by atoms with E-state index in [0.29, 0.717) is 39.1 Å². The second-order valence-corrected chi connectivity index (χ2v) is 10.8. The first kappa shape index (κ1) is 38.6. The fourth-order valence-electron chi connectivity index (χ4n) is 4.19. The van der Waals surface area contributed by atoms with Gasteiger partial charge in [0, 0.05) is 32.6 Å². The van der Waals surface area contributed by atoms with E-state index in [4.69, 9.17) is 23.7 Å². The van der Waals surface area contributed by atoms with E-state index in [2.05, 4.69) is 25.7 Å². The zero-order valence-corrected chi connectivity index (χ0v) is 26.7. The molecule has 238 valence electrons. The Labute approximate surface area is 246 Å². The lowest BCUT2D eigenvalue weighted by molar-refractivity contribution is -0.159. The summed E-state index contributed by atoms with van der Waals surface area (Å²) in [6, 6.07) is 0. The number of carbonyl (C=O) groups excluding carboxylic acids is 2. The molecule has 0 aliphatic rings. The zero-order valence-electron chi connectivity index (χ0n) is 26.7. The molecule has 0 aliphatic carbocycles. The van der Waals surface area contributed by atoms with Crippen LogP contribution in [0.4, 0.5) is 4.79 Å². The van der Waals surface area contributed by atoms with Gasteiger partial charge < -0.3 is 28.6 Å². The summed E-state index contributed by atoms with van der Waals surface area (Å²) in [7, 11) is 2.03. The molecule has 0 N–H and O–H groups in total. The van der Waals surface area contributed by atoms with Gasteiger partial charge in [-0.1, -0.05) is 91.9 Å². The highest BCUT2D eigenvalue weighted by Gasteiger charge is 2.17. The van der Waals surface area contributed by atoms with Crippen LogP contribution in [0.1, 0.15) is 137 Å². The molecular formula is C32H63NO7. The quantitative estimate of drug-likeness (QED) is 0.0505. The lowest BCUT2D eigenvalue weighted by atomic mass is 10.1. The van der Waals surface area contributed by atoms with Gasteiger partial charge in [0.25, 0.3) is 0 Å². The Balaban J connectivity index is 4.26. The highest BCUT2D eigenvalue weighted by atomic mass is 16.7.